The van der Waals surface area contributed by atoms with Crippen molar-refractivity contribution in [2.45, 2.75) is 6.92 Å². The van der Waals surface area contributed by atoms with E-state index >= 15 is 0 Å². The van der Waals surface area contributed by atoms with E-state index in [0.717, 1.165) is 11.3 Å². The van der Waals surface area contributed by atoms with Crippen molar-refractivity contribution in [1.29, 1.82) is 0 Å². The maximum Gasteiger partial charge on any atom is 0.261 e. The fraction of sp³-hybridized carbons (Fsp3) is 0.0476. The molecule has 2 aromatic carbocycles. The van der Waals surface area contributed by atoms with E-state index in [1.165, 1.54) is 18.3 Å². The average molecular weight is 360 g/mol. The molecular formula is C21H17FN4O. The van der Waals surface area contributed by atoms with Gasteiger partial charge in [-0.25, -0.2) is 9.07 Å². The van der Waals surface area contributed by atoms with Gasteiger partial charge in [-0.05, 0) is 55.0 Å². The van der Waals surface area contributed by atoms with Gasteiger partial charge in [0.15, 0.2) is 5.82 Å². The van der Waals surface area contributed by atoms with E-state index in [1.807, 2.05) is 60.3 Å². The number of rotatable bonds is 4. The van der Waals surface area contributed by atoms with E-state index in [9.17, 15) is 9.18 Å². The van der Waals surface area contributed by atoms with Crippen LogP contribution in [0.3, 0.4) is 0 Å². The number of benzene rings is 2. The van der Waals surface area contributed by atoms with Gasteiger partial charge in [0.2, 0.25) is 0 Å². The lowest BCUT2D eigenvalue weighted by atomic mass is 10.2. The van der Waals surface area contributed by atoms with Crippen LogP contribution in [0.15, 0.2) is 79.3 Å². The van der Waals surface area contributed by atoms with Crippen molar-refractivity contribution in [2.24, 2.45) is 0 Å². The summed E-state index contributed by atoms with van der Waals surface area (Å²) in [7, 11) is 0. The van der Waals surface area contributed by atoms with Crippen molar-refractivity contribution in [3.05, 3.63) is 96.2 Å². The molecule has 4 aromatic rings. The molecule has 4 rings (SSSR count). The third kappa shape index (κ3) is 3.37. The first kappa shape index (κ1) is 16.8. The second-order valence-corrected chi connectivity index (χ2v) is 6.19. The van der Waals surface area contributed by atoms with E-state index in [0.29, 0.717) is 17.1 Å². The van der Waals surface area contributed by atoms with Crippen molar-refractivity contribution in [2.75, 3.05) is 5.32 Å². The van der Waals surface area contributed by atoms with E-state index in [1.54, 1.807) is 16.8 Å². The molecule has 0 spiro atoms. The maximum atomic E-state index is 13.4. The van der Waals surface area contributed by atoms with Crippen molar-refractivity contribution in [1.82, 2.24) is 14.3 Å². The molecule has 5 nitrogen and oxygen atoms in total. The first-order chi connectivity index (χ1) is 13.1. The molecule has 0 bridgehead atoms. The molecule has 0 fully saturated rings. The molecule has 2 aromatic heterocycles. The Morgan fingerprint density at radius 3 is 2.56 bits per heavy atom. The number of hydrogen-bond acceptors (Lipinski definition) is 2. The Morgan fingerprint density at radius 2 is 1.81 bits per heavy atom. The first-order valence-electron chi connectivity index (χ1n) is 8.47. The second kappa shape index (κ2) is 6.92. The molecule has 0 aliphatic rings. The zero-order valence-corrected chi connectivity index (χ0v) is 14.6. The summed E-state index contributed by atoms with van der Waals surface area (Å²) < 4.78 is 17.0. The molecule has 0 atom stereocenters. The molecule has 0 saturated carbocycles. The van der Waals surface area contributed by atoms with Crippen LogP contribution in [-0.4, -0.2) is 20.3 Å². The first-order valence-corrected chi connectivity index (χ1v) is 8.47. The summed E-state index contributed by atoms with van der Waals surface area (Å²) >= 11 is 0. The number of anilines is 1. The highest BCUT2D eigenvalue weighted by Gasteiger charge is 2.20. The van der Waals surface area contributed by atoms with E-state index in [-0.39, 0.29) is 5.91 Å². The number of carbonyl (C=O) groups excluding carboxylic acids is 1. The Balaban J connectivity index is 1.78. The molecule has 0 unspecified atom stereocenters. The highest BCUT2D eigenvalue weighted by atomic mass is 19.1. The number of halogens is 1. The molecule has 27 heavy (non-hydrogen) atoms. The SMILES string of the molecule is Cc1cccc(-n2ncc(C(=O)Nc3cccc(F)c3)c2-n2cccc2)c1. The number of hydrogen-bond donors (Lipinski definition) is 1. The monoisotopic (exact) mass is 360 g/mol. The third-order valence-electron chi connectivity index (χ3n) is 4.17. The highest BCUT2D eigenvalue weighted by Crippen LogP contribution is 2.22. The molecule has 134 valence electrons. The molecular weight excluding hydrogens is 343 g/mol. The molecule has 0 aliphatic heterocycles. The summed E-state index contributed by atoms with van der Waals surface area (Å²) in [6.07, 6.45) is 5.22. The van der Waals surface area contributed by atoms with Gasteiger partial charge in [0.05, 0.1) is 11.9 Å². The van der Waals surface area contributed by atoms with Gasteiger partial charge < -0.3 is 9.88 Å². The fourth-order valence-electron chi connectivity index (χ4n) is 2.94. The van der Waals surface area contributed by atoms with Gasteiger partial charge >= 0.3 is 0 Å². The maximum absolute atomic E-state index is 13.4. The van der Waals surface area contributed by atoms with Gasteiger partial charge in [-0.2, -0.15) is 5.10 Å². The van der Waals surface area contributed by atoms with Crippen LogP contribution in [0.5, 0.6) is 0 Å². The van der Waals surface area contributed by atoms with Gasteiger partial charge in [-0.15, -0.1) is 0 Å². The summed E-state index contributed by atoms with van der Waals surface area (Å²) in [4.78, 5) is 12.9. The quantitative estimate of drug-likeness (QED) is 0.588. The Labute approximate surface area is 155 Å². The van der Waals surface area contributed by atoms with Gasteiger partial charge in [-0.1, -0.05) is 18.2 Å². The Hall–Kier alpha value is -3.67. The Bertz CT molecular complexity index is 1100. The van der Waals surface area contributed by atoms with Crippen LogP contribution in [0.1, 0.15) is 15.9 Å². The number of nitrogens with one attached hydrogen (secondary N) is 1. The molecule has 2 heterocycles. The lowest BCUT2D eigenvalue weighted by molar-refractivity contribution is 0.102. The molecule has 0 aliphatic carbocycles. The standard InChI is InChI=1S/C21H17FN4O/c1-15-6-4-9-18(12-15)26-21(25-10-2-3-11-25)19(14-23-26)20(27)24-17-8-5-7-16(22)13-17/h2-14H,1H3,(H,24,27). The lowest BCUT2D eigenvalue weighted by Gasteiger charge is -2.12. The topological polar surface area (TPSA) is 51.9 Å². The van der Waals surface area contributed by atoms with Crippen LogP contribution in [0.2, 0.25) is 0 Å². The summed E-state index contributed by atoms with van der Waals surface area (Å²) in [6, 6.07) is 17.4. The Morgan fingerprint density at radius 1 is 1.04 bits per heavy atom. The third-order valence-corrected chi connectivity index (χ3v) is 4.17. The van der Waals surface area contributed by atoms with Gasteiger partial charge in [0.1, 0.15) is 11.4 Å². The van der Waals surface area contributed by atoms with Crippen LogP contribution < -0.4 is 5.32 Å². The highest BCUT2D eigenvalue weighted by molar-refractivity contribution is 6.06. The van der Waals surface area contributed by atoms with Crippen LogP contribution in [0, 0.1) is 12.7 Å². The second-order valence-electron chi connectivity index (χ2n) is 6.19. The van der Waals surface area contributed by atoms with Crippen molar-refractivity contribution < 1.29 is 9.18 Å². The summed E-state index contributed by atoms with van der Waals surface area (Å²) in [5.41, 5.74) is 2.72. The number of amides is 1. The number of aryl methyl sites for hydroxylation is 1. The number of aromatic nitrogens is 3. The van der Waals surface area contributed by atoms with Gasteiger partial charge in [0.25, 0.3) is 5.91 Å². The van der Waals surface area contributed by atoms with Crippen LogP contribution in [-0.2, 0) is 0 Å². The Kier molecular flexibility index (Phi) is 4.30. The van der Waals surface area contributed by atoms with Crippen LogP contribution >= 0.6 is 0 Å². The summed E-state index contributed by atoms with van der Waals surface area (Å²) in [5.74, 6) is -0.156. The minimum atomic E-state index is -0.408. The van der Waals surface area contributed by atoms with Crippen LogP contribution in [0.25, 0.3) is 11.5 Å². The smallest absolute Gasteiger partial charge is 0.261 e. The average Bonchev–Trinajstić information content (AvgIpc) is 3.31. The van der Waals surface area contributed by atoms with Gasteiger partial charge in [-0.3, -0.25) is 4.79 Å². The minimum Gasteiger partial charge on any atom is -0.322 e. The largest absolute Gasteiger partial charge is 0.322 e. The van der Waals surface area contributed by atoms with Crippen molar-refractivity contribution in [3.8, 4) is 11.5 Å². The van der Waals surface area contributed by atoms with E-state index < -0.39 is 5.82 Å². The predicted molar refractivity (Wildman–Crippen MR) is 102 cm³/mol. The minimum absolute atomic E-state index is 0.358. The zero-order valence-electron chi connectivity index (χ0n) is 14.6. The number of carbonyl (C=O) groups is 1. The normalized spacial score (nSPS) is 10.7. The summed E-state index contributed by atoms with van der Waals surface area (Å²) in [5, 5.41) is 7.16. The molecule has 1 N–H and O–H groups in total. The van der Waals surface area contributed by atoms with Crippen LogP contribution in [0.4, 0.5) is 10.1 Å². The van der Waals surface area contributed by atoms with Crippen molar-refractivity contribution in [3.63, 3.8) is 0 Å². The molecule has 0 saturated heterocycles. The lowest BCUT2D eigenvalue weighted by Crippen LogP contribution is -2.15. The predicted octanol–water partition coefficient (Wildman–Crippen LogP) is 4.36. The van der Waals surface area contributed by atoms with Crippen molar-refractivity contribution >= 4 is 11.6 Å². The fourth-order valence-corrected chi connectivity index (χ4v) is 2.94. The van der Waals surface area contributed by atoms with Gasteiger partial charge in [0, 0.05) is 18.1 Å². The molecule has 6 heteroatoms. The number of nitrogens with zero attached hydrogens (tertiary/aromatic N) is 3. The van der Waals surface area contributed by atoms with E-state index in [4.69, 9.17) is 0 Å². The molecule has 0 radical (unpaired) electrons. The molecule has 1 amide bonds. The summed E-state index contributed by atoms with van der Waals surface area (Å²) in [6.45, 7) is 2.00. The van der Waals surface area contributed by atoms with E-state index in [2.05, 4.69) is 10.4 Å². The zero-order chi connectivity index (χ0) is 18.8.